The van der Waals surface area contributed by atoms with Crippen LogP contribution < -0.4 is 15.0 Å². The van der Waals surface area contributed by atoms with Crippen molar-refractivity contribution in [2.75, 3.05) is 44.2 Å². The molecule has 0 saturated carbocycles. The number of hydrogen-bond acceptors (Lipinski definition) is 9. The average molecular weight is 745 g/mol. The number of amides is 3. The topological polar surface area (TPSA) is 128 Å². The Labute approximate surface area is 319 Å². The molecule has 11 nitrogen and oxygen atoms in total. The molecule has 2 N–H and O–H groups in total. The van der Waals surface area contributed by atoms with Crippen LogP contribution in [0.4, 0.5) is 10.3 Å². The minimum Gasteiger partial charge on any atom is -0.508 e. The van der Waals surface area contributed by atoms with Gasteiger partial charge in [-0.15, -0.1) is 0 Å². The number of imide groups is 1. The van der Waals surface area contributed by atoms with Gasteiger partial charge in [0.2, 0.25) is 11.9 Å². The van der Waals surface area contributed by atoms with Crippen molar-refractivity contribution in [1.82, 2.24) is 25.1 Å². The van der Waals surface area contributed by atoms with Gasteiger partial charge in [-0.2, -0.15) is 0 Å². The highest BCUT2D eigenvalue weighted by atomic mass is 19.1. The summed E-state index contributed by atoms with van der Waals surface area (Å²) < 4.78 is 19.9. The monoisotopic (exact) mass is 744 g/mol. The molecule has 4 heterocycles. The van der Waals surface area contributed by atoms with Crippen molar-refractivity contribution >= 4 is 23.7 Å². The number of piperazine rings is 1. The van der Waals surface area contributed by atoms with Gasteiger partial charge in [0.05, 0.1) is 12.2 Å². The number of fused-ring (bicyclic) bond motifs is 2. The first-order chi connectivity index (χ1) is 26.7. The largest absolute Gasteiger partial charge is 0.508 e. The Morgan fingerprint density at radius 1 is 0.873 bits per heavy atom. The highest BCUT2D eigenvalue weighted by molar-refractivity contribution is 6.22. The number of piperidine rings is 1. The number of halogens is 1. The fraction of sp³-hybridized carbons (Fsp3) is 0.372. The van der Waals surface area contributed by atoms with Gasteiger partial charge < -0.3 is 20.1 Å². The van der Waals surface area contributed by atoms with Gasteiger partial charge in [0.15, 0.2) is 0 Å². The van der Waals surface area contributed by atoms with Crippen molar-refractivity contribution in [2.45, 2.75) is 62.8 Å². The second kappa shape index (κ2) is 15.6. The van der Waals surface area contributed by atoms with E-state index >= 15 is 0 Å². The standard InChI is InChI=1S/C43H45FN6O5/c1-27-5-18-37(40(52)46-27)50-41(53)36-26-45-43(47-39(36)42(50)54)49-22-20-48(21-23-49)19-3-2-4-24-55-33-14-8-29(9-15-33)38-34(28-6-11-31(44)12-7-28)16-10-30-25-32(51)13-17-35(30)38/h6-9,11-15,17,25-26,34,37-38,51H,1-5,10,16,18-24H2,(H,46,52)/t34-,37?,38+/m0/s1. The van der Waals surface area contributed by atoms with Crippen LogP contribution in [0.1, 0.15) is 93.5 Å². The molecule has 3 atom stereocenters. The normalized spacial score (nSPS) is 21.4. The number of phenolic OH excluding ortho intramolecular Hbond substituents is 1. The van der Waals surface area contributed by atoms with Crippen molar-refractivity contribution < 1.29 is 28.6 Å². The Morgan fingerprint density at radius 3 is 2.40 bits per heavy atom. The van der Waals surface area contributed by atoms with Gasteiger partial charge in [-0.25, -0.2) is 14.4 Å². The average Bonchev–Trinajstić information content (AvgIpc) is 3.44. The Bertz CT molecular complexity index is 2100. The van der Waals surface area contributed by atoms with E-state index in [0.29, 0.717) is 44.2 Å². The predicted octanol–water partition coefficient (Wildman–Crippen LogP) is 5.94. The number of ether oxygens (including phenoxy) is 1. The fourth-order valence-corrected chi connectivity index (χ4v) is 8.51. The van der Waals surface area contributed by atoms with E-state index in [2.05, 4.69) is 38.9 Å². The predicted molar refractivity (Wildman–Crippen MR) is 205 cm³/mol. The molecule has 284 valence electrons. The van der Waals surface area contributed by atoms with E-state index < -0.39 is 23.8 Å². The van der Waals surface area contributed by atoms with Crippen molar-refractivity contribution in [3.8, 4) is 11.5 Å². The minimum atomic E-state index is -0.877. The maximum atomic E-state index is 13.8. The fourth-order valence-electron chi connectivity index (χ4n) is 8.51. The first-order valence-electron chi connectivity index (χ1n) is 19.2. The second-order valence-corrected chi connectivity index (χ2v) is 14.9. The van der Waals surface area contributed by atoms with Gasteiger partial charge >= 0.3 is 0 Å². The van der Waals surface area contributed by atoms with Gasteiger partial charge in [-0.1, -0.05) is 36.9 Å². The smallest absolute Gasteiger partial charge is 0.281 e. The molecule has 0 bridgehead atoms. The summed E-state index contributed by atoms with van der Waals surface area (Å²) in [5.41, 5.74) is 5.41. The molecule has 2 fully saturated rings. The lowest BCUT2D eigenvalue weighted by atomic mass is 9.69. The number of carbonyl (C=O) groups is 3. The van der Waals surface area contributed by atoms with E-state index in [1.165, 1.54) is 29.5 Å². The maximum Gasteiger partial charge on any atom is 0.281 e. The molecular formula is C43H45FN6O5. The van der Waals surface area contributed by atoms with Gasteiger partial charge in [-0.05, 0) is 116 Å². The van der Waals surface area contributed by atoms with E-state index in [9.17, 15) is 23.9 Å². The number of aryl methyl sites for hydroxylation is 1. The minimum absolute atomic E-state index is 0.0557. The molecule has 4 aromatic rings. The molecule has 1 aromatic heterocycles. The van der Waals surface area contributed by atoms with Crippen LogP contribution in [0.5, 0.6) is 11.5 Å². The lowest BCUT2D eigenvalue weighted by Crippen LogP contribution is -2.51. The van der Waals surface area contributed by atoms with Crippen LogP contribution in [0.15, 0.2) is 85.2 Å². The van der Waals surface area contributed by atoms with Crippen LogP contribution in [-0.2, 0) is 11.2 Å². The van der Waals surface area contributed by atoms with Crippen LogP contribution in [0.2, 0.25) is 0 Å². The summed E-state index contributed by atoms with van der Waals surface area (Å²) in [6.07, 6.45) is 7.05. The van der Waals surface area contributed by atoms with Gasteiger partial charge in [0.25, 0.3) is 11.8 Å². The molecule has 1 aliphatic carbocycles. The number of aromatic nitrogens is 2. The number of rotatable bonds is 11. The highest BCUT2D eigenvalue weighted by Gasteiger charge is 2.45. The summed E-state index contributed by atoms with van der Waals surface area (Å²) in [5, 5.41) is 12.8. The van der Waals surface area contributed by atoms with Crippen LogP contribution in [0.3, 0.4) is 0 Å². The van der Waals surface area contributed by atoms with E-state index in [1.807, 2.05) is 41.3 Å². The third kappa shape index (κ3) is 7.55. The Morgan fingerprint density at radius 2 is 1.64 bits per heavy atom. The molecule has 4 aliphatic rings. The molecule has 3 amide bonds. The number of aromatic hydroxyl groups is 1. The van der Waals surface area contributed by atoms with E-state index in [0.717, 1.165) is 73.5 Å². The number of hydrogen-bond donors (Lipinski definition) is 2. The summed E-state index contributed by atoms with van der Waals surface area (Å²) in [4.78, 5) is 53.2. The summed E-state index contributed by atoms with van der Waals surface area (Å²) in [5.74, 6) is 0.0865. The lowest BCUT2D eigenvalue weighted by molar-refractivity contribution is -0.125. The Kier molecular flexibility index (Phi) is 10.3. The SMILES string of the molecule is C=C1CCC(N2C(=O)c3cnc(N4CCN(CCCCCOc5ccc([C@H]6c7ccc(O)cc7CC[C@H]6c6ccc(F)cc6)cc5)CC4)nc3C2=O)C(=O)N1. The maximum absolute atomic E-state index is 13.8. The number of anilines is 1. The van der Waals surface area contributed by atoms with Crippen LogP contribution >= 0.6 is 0 Å². The van der Waals surface area contributed by atoms with Gasteiger partial charge in [0.1, 0.15) is 29.1 Å². The molecule has 8 rings (SSSR count). The lowest BCUT2D eigenvalue weighted by Gasteiger charge is -2.35. The van der Waals surface area contributed by atoms with E-state index in [1.54, 1.807) is 6.07 Å². The van der Waals surface area contributed by atoms with Gasteiger partial charge in [0, 0.05) is 44.0 Å². The van der Waals surface area contributed by atoms with Crippen molar-refractivity contribution in [2.24, 2.45) is 0 Å². The number of carbonyl (C=O) groups excluding carboxylic acids is 3. The van der Waals surface area contributed by atoms with Crippen molar-refractivity contribution in [1.29, 1.82) is 0 Å². The van der Waals surface area contributed by atoms with Gasteiger partial charge in [-0.3, -0.25) is 24.2 Å². The molecule has 0 radical (unpaired) electrons. The Balaban J connectivity index is 0.786. The zero-order valence-corrected chi connectivity index (χ0v) is 30.8. The van der Waals surface area contributed by atoms with E-state index in [4.69, 9.17) is 4.74 Å². The summed E-state index contributed by atoms with van der Waals surface area (Å²) in [6, 6.07) is 20.0. The summed E-state index contributed by atoms with van der Waals surface area (Å²) in [7, 11) is 0. The van der Waals surface area contributed by atoms with Crippen LogP contribution in [-0.4, -0.2) is 88.0 Å². The number of phenols is 1. The zero-order valence-electron chi connectivity index (χ0n) is 30.8. The third-order valence-corrected chi connectivity index (χ3v) is 11.4. The number of allylic oxidation sites excluding steroid dienone is 1. The molecule has 2 saturated heterocycles. The molecule has 3 aliphatic heterocycles. The molecule has 55 heavy (non-hydrogen) atoms. The van der Waals surface area contributed by atoms with Crippen molar-refractivity contribution in [3.63, 3.8) is 0 Å². The molecular weight excluding hydrogens is 700 g/mol. The zero-order chi connectivity index (χ0) is 38.1. The van der Waals surface area contributed by atoms with Crippen LogP contribution in [0.25, 0.3) is 0 Å². The third-order valence-electron chi connectivity index (χ3n) is 11.4. The quantitative estimate of drug-likeness (QED) is 0.142. The Hall–Kier alpha value is -5.62. The molecule has 12 heteroatoms. The molecule has 3 aromatic carbocycles. The number of unbranched alkanes of at least 4 members (excludes halogenated alkanes) is 2. The second-order valence-electron chi connectivity index (χ2n) is 14.9. The van der Waals surface area contributed by atoms with Crippen molar-refractivity contribution in [3.05, 3.63) is 125 Å². The first-order valence-corrected chi connectivity index (χ1v) is 19.2. The summed E-state index contributed by atoms with van der Waals surface area (Å²) in [6.45, 7) is 8.46. The number of nitrogens with one attached hydrogen (secondary N) is 1. The molecule has 1 unspecified atom stereocenters. The first kappa shape index (κ1) is 36.4. The molecule has 0 spiro atoms. The number of nitrogens with zero attached hydrogens (tertiary/aromatic N) is 5. The summed E-state index contributed by atoms with van der Waals surface area (Å²) >= 11 is 0. The van der Waals surface area contributed by atoms with Crippen LogP contribution in [0, 0.1) is 5.82 Å². The number of benzene rings is 3. The van der Waals surface area contributed by atoms with E-state index in [-0.39, 0.29) is 34.7 Å². The highest BCUT2D eigenvalue weighted by Crippen LogP contribution is 2.47.